The minimum atomic E-state index is -1.40. The maximum Gasteiger partial charge on any atom is 0.331 e. The van der Waals surface area contributed by atoms with Gasteiger partial charge in [-0.05, 0) is 68.3 Å². The summed E-state index contributed by atoms with van der Waals surface area (Å²) in [6.07, 6.45) is 3.30. The van der Waals surface area contributed by atoms with Gasteiger partial charge in [-0.3, -0.25) is 4.79 Å². The maximum absolute atomic E-state index is 13.8. The summed E-state index contributed by atoms with van der Waals surface area (Å²) in [4.78, 5) is 25.5. The van der Waals surface area contributed by atoms with Crippen LogP contribution >= 0.6 is 0 Å². The molecule has 4 aliphatic carbocycles. The average molecular weight is 418 g/mol. The highest BCUT2D eigenvalue weighted by atomic mass is 16.6. The Morgan fingerprint density at radius 1 is 1.10 bits per heavy atom. The van der Waals surface area contributed by atoms with Gasteiger partial charge in [0, 0.05) is 12.0 Å². The van der Waals surface area contributed by atoms with Crippen molar-refractivity contribution in [2.24, 2.45) is 28.6 Å². The van der Waals surface area contributed by atoms with E-state index in [1.54, 1.807) is 6.92 Å². The summed E-state index contributed by atoms with van der Waals surface area (Å²) in [7, 11) is 0. The van der Waals surface area contributed by atoms with E-state index in [0.717, 1.165) is 12.0 Å². The summed E-state index contributed by atoms with van der Waals surface area (Å²) >= 11 is 0. The molecule has 0 aromatic carbocycles. The molecule has 6 aliphatic rings. The fourth-order valence-corrected chi connectivity index (χ4v) is 8.61. The van der Waals surface area contributed by atoms with Crippen molar-refractivity contribution in [2.75, 3.05) is 6.61 Å². The standard InChI is InChI=1S/C23H30O7/c1-20-5-3-13(24)8-12(20)9-15-23(30-15)18(20)17(26)19(27)21(2)14(4-6-22(21,23)28)11-7-16(25)29-10-11/h7,12-15,17-18,24,26,28H,3-6,8-10H2,1-2H3/t12-,13-,14+,15?,17?,18?,20-,21-,22+,23?/m0/s1. The van der Waals surface area contributed by atoms with Crippen LogP contribution in [0.4, 0.5) is 0 Å². The SMILES string of the molecule is C[C@]12CC[C@H](O)C[C@H]1CC1OC13C2C(O)C(=O)[C@]1(C)[C@@H](C2=CC(=O)OC2)CC[C@]31O. The number of cyclic esters (lactones) is 1. The van der Waals surface area contributed by atoms with E-state index in [1.165, 1.54) is 6.08 Å². The molecule has 7 nitrogen and oxygen atoms in total. The first-order valence-electron chi connectivity index (χ1n) is 11.3. The Kier molecular flexibility index (Phi) is 3.59. The highest BCUT2D eigenvalue weighted by molar-refractivity contribution is 5.94. The topological polar surface area (TPSA) is 117 Å². The highest BCUT2D eigenvalue weighted by Crippen LogP contribution is 2.76. The quantitative estimate of drug-likeness (QED) is 0.428. The first-order valence-corrected chi connectivity index (χ1v) is 11.3. The number of ketones is 1. The lowest BCUT2D eigenvalue weighted by atomic mass is 9.41. The summed E-state index contributed by atoms with van der Waals surface area (Å²) in [5.74, 6) is -1.44. The maximum atomic E-state index is 13.8. The molecule has 0 aromatic heterocycles. The number of Topliss-reactive ketones (excluding diaryl/α,β-unsaturated/α-hetero) is 1. The Morgan fingerprint density at radius 3 is 2.57 bits per heavy atom. The summed E-state index contributed by atoms with van der Waals surface area (Å²) in [5.41, 5.74) is -3.21. The van der Waals surface area contributed by atoms with E-state index in [4.69, 9.17) is 9.47 Å². The molecular weight excluding hydrogens is 388 g/mol. The number of esters is 1. The number of fused-ring (bicyclic) bond motifs is 3. The lowest BCUT2D eigenvalue weighted by Crippen LogP contribution is -2.75. The van der Waals surface area contributed by atoms with Crippen LogP contribution in [0.1, 0.15) is 52.4 Å². The predicted molar refractivity (Wildman–Crippen MR) is 103 cm³/mol. The molecule has 164 valence electrons. The summed E-state index contributed by atoms with van der Waals surface area (Å²) in [6.45, 7) is 3.99. The number of aliphatic hydroxyl groups excluding tert-OH is 2. The van der Waals surface area contributed by atoms with Crippen LogP contribution in [-0.2, 0) is 19.1 Å². The van der Waals surface area contributed by atoms with Gasteiger partial charge in [-0.1, -0.05) is 6.92 Å². The monoisotopic (exact) mass is 418 g/mol. The minimum absolute atomic E-state index is 0.136. The van der Waals surface area contributed by atoms with Crippen molar-refractivity contribution in [1.29, 1.82) is 0 Å². The number of hydrogen-bond donors (Lipinski definition) is 3. The third-order valence-corrected chi connectivity index (χ3v) is 10.2. The second kappa shape index (κ2) is 5.55. The third-order valence-electron chi connectivity index (χ3n) is 10.2. The zero-order chi connectivity index (χ0) is 21.3. The Morgan fingerprint density at radius 2 is 1.87 bits per heavy atom. The van der Waals surface area contributed by atoms with Crippen molar-refractivity contribution in [3.63, 3.8) is 0 Å². The fourth-order valence-electron chi connectivity index (χ4n) is 8.61. The van der Waals surface area contributed by atoms with E-state index in [-0.39, 0.29) is 41.8 Å². The lowest BCUT2D eigenvalue weighted by Gasteiger charge is -2.62. The largest absolute Gasteiger partial charge is 0.458 e. The minimum Gasteiger partial charge on any atom is -0.458 e. The molecule has 6 rings (SSSR count). The Labute approximate surface area is 175 Å². The molecular formula is C23H30O7. The lowest BCUT2D eigenvalue weighted by molar-refractivity contribution is -0.226. The zero-order valence-electron chi connectivity index (χ0n) is 17.5. The molecule has 1 spiro atoms. The van der Waals surface area contributed by atoms with Crippen molar-refractivity contribution in [3.8, 4) is 0 Å². The summed E-state index contributed by atoms with van der Waals surface area (Å²) in [5, 5.41) is 33.9. The number of epoxide rings is 1. The molecule has 0 radical (unpaired) electrons. The van der Waals surface area contributed by atoms with Crippen LogP contribution in [0.5, 0.6) is 0 Å². The molecule has 2 heterocycles. The van der Waals surface area contributed by atoms with E-state index in [0.29, 0.717) is 32.1 Å². The van der Waals surface area contributed by atoms with Gasteiger partial charge in [-0.15, -0.1) is 0 Å². The van der Waals surface area contributed by atoms with E-state index < -0.39 is 34.6 Å². The predicted octanol–water partition coefficient (Wildman–Crippen LogP) is 0.885. The van der Waals surface area contributed by atoms with Crippen molar-refractivity contribution in [2.45, 2.75) is 81.9 Å². The number of rotatable bonds is 1. The Balaban J connectivity index is 1.47. The van der Waals surface area contributed by atoms with E-state index >= 15 is 0 Å². The summed E-state index contributed by atoms with van der Waals surface area (Å²) < 4.78 is 11.4. The molecule has 5 fully saturated rings. The van der Waals surface area contributed by atoms with Gasteiger partial charge in [0.1, 0.15) is 23.9 Å². The van der Waals surface area contributed by atoms with E-state index in [2.05, 4.69) is 6.92 Å². The molecule has 4 unspecified atom stereocenters. The van der Waals surface area contributed by atoms with Crippen LogP contribution in [0.2, 0.25) is 0 Å². The molecule has 3 N–H and O–H groups in total. The molecule has 1 saturated heterocycles. The summed E-state index contributed by atoms with van der Waals surface area (Å²) in [6, 6.07) is 0. The highest BCUT2D eigenvalue weighted by Gasteiger charge is 2.88. The smallest absolute Gasteiger partial charge is 0.331 e. The van der Waals surface area contributed by atoms with Gasteiger partial charge in [-0.2, -0.15) is 0 Å². The van der Waals surface area contributed by atoms with E-state index in [9.17, 15) is 24.9 Å². The molecule has 7 heteroatoms. The van der Waals surface area contributed by atoms with Crippen molar-refractivity contribution in [3.05, 3.63) is 11.6 Å². The molecule has 0 aromatic rings. The Hall–Kier alpha value is -1.28. The van der Waals surface area contributed by atoms with Gasteiger partial charge >= 0.3 is 5.97 Å². The molecule has 0 bridgehead atoms. The number of hydrogen-bond acceptors (Lipinski definition) is 7. The second-order valence-electron chi connectivity index (χ2n) is 11.0. The first-order chi connectivity index (χ1) is 14.1. The van der Waals surface area contributed by atoms with Gasteiger partial charge in [0.05, 0.1) is 17.6 Å². The van der Waals surface area contributed by atoms with Gasteiger partial charge < -0.3 is 24.8 Å². The second-order valence-corrected chi connectivity index (χ2v) is 11.0. The van der Waals surface area contributed by atoms with Crippen molar-refractivity contribution < 1.29 is 34.4 Å². The van der Waals surface area contributed by atoms with Gasteiger partial charge in [0.2, 0.25) is 0 Å². The fraction of sp³-hybridized carbons (Fsp3) is 0.826. The van der Waals surface area contributed by atoms with Crippen LogP contribution in [0.15, 0.2) is 11.6 Å². The molecule has 0 amide bonds. The van der Waals surface area contributed by atoms with Crippen LogP contribution in [-0.4, -0.2) is 63.2 Å². The van der Waals surface area contributed by atoms with Crippen molar-refractivity contribution in [1.82, 2.24) is 0 Å². The first kappa shape index (κ1) is 19.4. The van der Waals surface area contributed by atoms with E-state index in [1.807, 2.05) is 0 Å². The van der Waals surface area contributed by atoms with Gasteiger partial charge in [0.15, 0.2) is 5.78 Å². The van der Waals surface area contributed by atoms with Gasteiger partial charge in [-0.25, -0.2) is 4.79 Å². The normalized spacial score (nSPS) is 58.9. The molecule has 2 aliphatic heterocycles. The molecule has 4 saturated carbocycles. The van der Waals surface area contributed by atoms with Crippen LogP contribution in [0.3, 0.4) is 0 Å². The van der Waals surface area contributed by atoms with Gasteiger partial charge in [0.25, 0.3) is 0 Å². The third kappa shape index (κ3) is 1.89. The number of ether oxygens (including phenoxy) is 2. The number of aliphatic hydroxyl groups is 3. The van der Waals surface area contributed by atoms with Crippen LogP contribution < -0.4 is 0 Å². The number of carbonyl (C=O) groups is 2. The van der Waals surface area contributed by atoms with Crippen LogP contribution in [0.25, 0.3) is 0 Å². The molecule has 10 atom stereocenters. The molecule has 30 heavy (non-hydrogen) atoms. The Bertz CT molecular complexity index is 883. The average Bonchev–Trinajstić information content (AvgIpc) is 3.14. The zero-order valence-corrected chi connectivity index (χ0v) is 17.5. The number of carbonyl (C=O) groups excluding carboxylic acids is 2. The van der Waals surface area contributed by atoms with Crippen molar-refractivity contribution >= 4 is 11.8 Å². The van der Waals surface area contributed by atoms with Crippen LogP contribution in [0, 0.1) is 28.6 Å².